The van der Waals surface area contributed by atoms with Crippen molar-refractivity contribution in [2.45, 2.75) is 0 Å². The van der Waals surface area contributed by atoms with Crippen LogP contribution in [0.1, 0.15) is 0 Å². The quantitative estimate of drug-likeness (QED) is 0.170. The van der Waals surface area contributed by atoms with Gasteiger partial charge in [-0.15, -0.1) is 11.3 Å². The largest absolute Gasteiger partial charge is 0.456 e. The average Bonchev–Trinajstić information content (AvgIpc) is 3.82. The van der Waals surface area contributed by atoms with Crippen LogP contribution in [-0.4, -0.2) is 0 Å². The molecule has 0 unspecified atom stereocenters. The molecule has 9 aromatic carbocycles. The highest BCUT2D eigenvalue weighted by molar-refractivity contribution is 7.25. The zero-order valence-electron chi connectivity index (χ0n) is 29.8. The second kappa shape index (κ2) is 12.9. The van der Waals surface area contributed by atoms with E-state index >= 15 is 0 Å². The molecule has 2 aromatic heterocycles. The van der Waals surface area contributed by atoms with Crippen molar-refractivity contribution in [3.63, 3.8) is 0 Å². The van der Waals surface area contributed by atoms with E-state index in [0.717, 1.165) is 50.1 Å². The molecule has 0 aliphatic heterocycles. The highest BCUT2D eigenvalue weighted by atomic mass is 32.1. The first kappa shape index (κ1) is 31.6. The number of anilines is 3. The minimum absolute atomic E-state index is 0.898. The molecule has 2 heterocycles. The molecule has 0 fully saturated rings. The summed E-state index contributed by atoms with van der Waals surface area (Å²) in [6.07, 6.45) is 0. The second-order valence-corrected chi connectivity index (χ2v) is 15.2. The van der Waals surface area contributed by atoms with Gasteiger partial charge in [0.25, 0.3) is 0 Å². The number of nitrogens with zero attached hydrogens (tertiary/aromatic N) is 1. The summed E-state index contributed by atoms with van der Waals surface area (Å²) in [5, 5.41) is 7.41. The predicted molar refractivity (Wildman–Crippen MR) is 235 cm³/mol. The first-order chi connectivity index (χ1) is 27.2. The van der Waals surface area contributed by atoms with Gasteiger partial charge in [0.15, 0.2) is 0 Å². The van der Waals surface area contributed by atoms with E-state index in [1.54, 1.807) is 0 Å². The van der Waals surface area contributed by atoms with E-state index in [9.17, 15) is 0 Å². The van der Waals surface area contributed by atoms with Gasteiger partial charge in [-0.2, -0.15) is 0 Å². The molecule has 0 saturated carbocycles. The van der Waals surface area contributed by atoms with Crippen molar-refractivity contribution in [3.05, 3.63) is 200 Å². The standard InChI is InChI=1S/C52H33NOS/c1-2-14-42-35(10-1)11-8-17-43(42)36-24-29-40(30-25-36)53(39-27-22-34(23-28-39)37-26-31-46-45-15-4-6-21-50(45)55-51(46)33-37)41-13-7-12-38(32-41)44-18-9-20-49-52(44)47-16-3-5-19-48(47)54-49/h1-33H. The Hall–Kier alpha value is -6.94. The van der Waals surface area contributed by atoms with Crippen LogP contribution in [0.3, 0.4) is 0 Å². The van der Waals surface area contributed by atoms with Crippen LogP contribution in [0, 0.1) is 0 Å². The van der Waals surface area contributed by atoms with Crippen molar-refractivity contribution in [1.82, 2.24) is 0 Å². The Morgan fingerprint density at radius 1 is 0.345 bits per heavy atom. The Morgan fingerprint density at radius 2 is 0.964 bits per heavy atom. The lowest BCUT2D eigenvalue weighted by molar-refractivity contribution is 0.669. The molecule has 0 atom stereocenters. The summed E-state index contributed by atoms with van der Waals surface area (Å²) in [5.74, 6) is 0. The van der Waals surface area contributed by atoms with Crippen LogP contribution >= 0.6 is 11.3 Å². The van der Waals surface area contributed by atoms with Crippen molar-refractivity contribution in [3.8, 4) is 33.4 Å². The lowest BCUT2D eigenvalue weighted by atomic mass is 9.97. The Kier molecular flexibility index (Phi) is 7.39. The van der Waals surface area contributed by atoms with Crippen LogP contribution in [0.2, 0.25) is 0 Å². The van der Waals surface area contributed by atoms with Gasteiger partial charge < -0.3 is 9.32 Å². The summed E-state index contributed by atoms with van der Waals surface area (Å²) in [6.45, 7) is 0. The highest BCUT2D eigenvalue weighted by Crippen LogP contribution is 2.42. The number of hydrogen-bond acceptors (Lipinski definition) is 3. The molecular formula is C52H33NOS. The summed E-state index contributed by atoms with van der Waals surface area (Å²) >= 11 is 1.86. The molecule has 0 N–H and O–H groups in total. The third-order valence-corrected chi connectivity index (χ3v) is 12.0. The minimum atomic E-state index is 0.898. The number of hydrogen-bond donors (Lipinski definition) is 0. The zero-order valence-corrected chi connectivity index (χ0v) is 30.6. The molecule has 0 saturated heterocycles. The summed E-state index contributed by atoms with van der Waals surface area (Å²) < 4.78 is 8.92. The van der Waals surface area contributed by atoms with Crippen LogP contribution < -0.4 is 4.90 Å². The third-order valence-electron chi connectivity index (χ3n) is 10.9. The fraction of sp³-hybridized carbons (Fsp3) is 0. The topological polar surface area (TPSA) is 16.4 Å². The molecule has 0 aliphatic carbocycles. The molecule has 11 aromatic rings. The van der Waals surface area contributed by atoms with Gasteiger partial charge in [0.2, 0.25) is 0 Å². The molecule has 0 aliphatic rings. The fourth-order valence-corrected chi connectivity index (χ4v) is 9.40. The molecule has 3 heteroatoms. The van der Waals surface area contributed by atoms with Gasteiger partial charge in [0.05, 0.1) is 0 Å². The SMILES string of the molecule is c1cc(-c2cccc3oc4ccccc4c23)cc(N(c2ccc(-c3ccc4c(c3)sc3ccccc34)cc2)c2ccc(-c3cccc4ccccc34)cc2)c1. The minimum Gasteiger partial charge on any atom is -0.456 e. The van der Waals surface area contributed by atoms with Crippen molar-refractivity contribution in [2.24, 2.45) is 0 Å². The Labute approximate surface area is 322 Å². The van der Waals surface area contributed by atoms with Crippen molar-refractivity contribution >= 4 is 81.3 Å². The fourth-order valence-electron chi connectivity index (χ4n) is 8.25. The maximum atomic E-state index is 6.28. The number of thiophene rings is 1. The van der Waals surface area contributed by atoms with Crippen LogP contribution in [0.15, 0.2) is 205 Å². The monoisotopic (exact) mass is 719 g/mol. The number of para-hydroxylation sites is 1. The zero-order chi connectivity index (χ0) is 36.3. The van der Waals surface area contributed by atoms with E-state index in [1.807, 2.05) is 23.5 Å². The van der Waals surface area contributed by atoms with Crippen LogP contribution in [0.5, 0.6) is 0 Å². The molecule has 0 bridgehead atoms. The first-order valence-corrected chi connectivity index (χ1v) is 19.5. The Balaban J connectivity index is 1.03. The van der Waals surface area contributed by atoms with Gasteiger partial charge in [-0.1, -0.05) is 140 Å². The van der Waals surface area contributed by atoms with Crippen molar-refractivity contribution < 1.29 is 4.42 Å². The van der Waals surface area contributed by atoms with Gasteiger partial charge in [0, 0.05) is 48.0 Å². The van der Waals surface area contributed by atoms with Gasteiger partial charge in [0.1, 0.15) is 11.2 Å². The van der Waals surface area contributed by atoms with Gasteiger partial charge in [-0.05, 0) is 105 Å². The van der Waals surface area contributed by atoms with Gasteiger partial charge in [-0.3, -0.25) is 0 Å². The van der Waals surface area contributed by atoms with Gasteiger partial charge in [-0.25, -0.2) is 0 Å². The summed E-state index contributed by atoms with van der Waals surface area (Å²) in [4.78, 5) is 2.36. The maximum absolute atomic E-state index is 6.28. The van der Waals surface area contributed by atoms with E-state index in [4.69, 9.17) is 4.42 Å². The van der Waals surface area contributed by atoms with E-state index in [1.165, 1.54) is 53.2 Å². The summed E-state index contributed by atoms with van der Waals surface area (Å²) in [5.41, 5.74) is 12.2. The molecular weight excluding hydrogens is 687 g/mol. The van der Waals surface area contributed by atoms with Crippen LogP contribution in [0.25, 0.3) is 86.3 Å². The van der Waals surface area contributed by atoms with Crippen LogP contribution in [-0.2, 0) is 0 Å². The normalized spacial score (nSPS) is 11.6. The summed E-state index contributed by atoms with van der Waals surface area (Å²) in [6, 6.07) is 72.2. The predicted octanol–water partition coefficient (Wildman–Crippen LogP) is 15.6. The molecule has 11 rings (SSSR count). The van der Waals surface area contributed by atoms with Gasteiger partial charge >= 0.3 is 0 Å². The van der Waals surface area contributed by atoms with E-state index in [0.29, 0.717) is 0 Å². The molecule has 0 spiro atoms. The average molecular weight is 720 g/mol. The smallest absolute Gasteiger partial charge is 0.136 e. The molecule has 0 radical (unpaired) electrons. The van der Waals surface area contributed by atoms with E-state index < -0.39 is 0 Å². The number of fused-ring (bicyclic) bond motifs is 7. The lowest BCUT2D eigenvalue weighted by Gasteiger charge is -2.26. The number of benzene rings is 9. The number of rotatable bonds is 6. The van der Waals surface area contributed by atoms with E-state index in [2.05, 4.69) is 193 Å². The van der Waals surface area contributed by atoms with Crippen molar-refractivity contribution in [2.75, 3.05) is 4.90 Å². The second-order valence-electron chi connectivity index (χ2n) is 14.1. The molecule has 55 heavy (non-hydrogen) atoms. The van der Waals surface area contributed by atoms with Crippen LogP contribution in [0.4, 0.5) is 17.1 Å². The Bertz CT molecular complexity index is 3200. The molecule has 0 amide bonds. The lowest BCUT2D eigenvalue weighted by Crippen LogP contribution is -2.10. The maximum Gasteiger partial charge on any atom is 0.136 e. The molecule has 2 nitrogen and oxygen atoms in total. The number of furan rings is 1. The summed E-state index contributed by atoms with van der Waals surface area (Å²) in [7, 11) is 0. The highest BCUT2D eigenvalue weighted by Gasteiger charge is 2.17. The van der Waals surface area contributed by atoms with E-state index in [-0.39, 0.29) is 0 Å². The van der Waals surface area contributed by atoms with Crippen molar-refractivity contribution in [1.29, 1.82) is 0 Å². The third kappa shape index (κ3) is 5.40. The first-order valence-electron chi connectivity index (χ1n) is 18.7. The Morgan fingerprint density at radius 3 is 1.82 bits per heavy atom. The molecule has 258 valence electrons.